The Morgan fingerprint density at radius 2 is 1.94 bits per heavy atom. The van der Waals surface area contributed by atoms with Crippen LogP contribution in [0.2, 0.25) is 0 Å². The maximum absolute atomic E-state index is 5.70. The summed E-state index contributed by atoms with van der Waals surface area (Å²) in [5.74, 6) is 0.880. The number of nitrogens with zero attached hydrogens (tertiary/aromatic N) is 1. The summed E-state index contributed by atoms with van der Waals surface area (Å²) in [6.07, 6.45) is 0. The Bertz CT molecular complexity index is 322. The minimum Gasteiger partial charge on any atom is -0.496 e. The van der Waals surface area contributed by atoms with Crippen LogP contribution in [0.25, 0.3) is 0 Å². The molecule has 0 unspecified atom stereocenters. The van der Waals surface area contributed by atoms with Crippen molar-refractivity contribution in [3.63, 3.8) is 0 Å². The van der Waals surface area contributed by atoms with Gasteiger partial charge in [0.1, 0.15) is 5.75 Å². The fraction of sp³-hybridized carbons (Fsp3) is 0.538. The van der Waals surface area contributed by atoms with E-state index in [4.69, 9.17) is 10.5 Å². The van der Waals surface area contributed by atoms with Gasteiger partial charge in [0, 0.05) is 18.7 Å². The van der Waals surface area contributed by atoms with Crippen LogP contribution in [0.3, 0.4) is 0 Å². The summed E-state index contributed by atoms with van der Waals surface area (Å²) in [5, 5.41) is 0. The van der Waals surface area contributed by atoms with Gasteiger partial charge in [0.05, 0.1) is 7.11 Å². The smallest absolute Gasteiger partial charge is 0.123 e. The number of methoxy groups -OCH3 is 1. The molecule has 0 amide bonds. The molecule has 0 saturated carbocycles. The molecule has 0 aliphatic rings. The monoisotopic (exact) mass is 222 g/mol. The summed E-state index contributed by atoms with van der Waals surface area (Å²) in [5.41, 5.74) is 8.07. The zero-order valence-electron chi connectivity index (χ0n) is 10.5. The lowest BCUT2D eigenvalue weighted by molar-refractivity contribution is 0.295. The first-order valence-electron chi connectivity index (χ1n) is 5.83. The summed E-state index contributed by atoms with van der Waals surface area (Å²) in [6, 6.07) is 6.24. The van der Waals surface area contributed by atoms with Gasteiger partial charge in [0.15, 0.2) is 0 Å². The lowest BCUT2D eigenvalue weighted by atomic mass is 10.1. The Balaban J connectivity index is 2.82. The molecule has 0 atom stereocenters. The Hall–Kier alpha value is -1.06. The fourth-order valence-electron chi connectivity index (χ4n) is 1.80. The van der Waals surface area contributed by atoms with Crippen LogP contribution in [0.1, 0.15) is 25.0 Å². The van der Waals surface area contributed by atoms with Gasteiger partial charge in [0.25, 0.3) is 0 Å². The quantitative estimate of drug-likeness (QED) is 0.800. The first-order chi connectivity index (χ1) is 7.74. The molecule has 3 heteroatoms. The third-order valence-electron chi connectivity index (χ3n) is 2.87. The average molecular weight is 222 g/mol. The second-order valence-corrected chi connectivity index (χ2v) is 3.81. The first-order valence-corrected chi connectivity index (χ1v) is 5.83. The molecule has 0 aliphatic heterocycles. The predicted molar refractivity (Wildman–Crippen MR) is 67.5 cm³/mol. The summed E-state index contributed by atoms with van der Waals surface area (Å²) >= 11 is 0. The zero-order valence-corrected chi connectivity index (χ0v) is 10.5. The Morgan fingerprint density at radius 1 is 1.25 bits per heavy atom. The molecule has 1 aromatic rings. The van der Waals surface area contributed by atoms with Crippen molar-refractivity contribution in [1.82, 2.24) is 4.90 Å². The highest BCUT2D eigenvalue weighted by atomic mass is 16.5. The van der Waals surface area contributed by atoms with Crippen LogP contribution in [0.15, 0.2) is 18.2 Å². The van der Waals surface area contributed by atoms with E-state index in [2.05, 4.69) is 30.9 Å². The van der Waals surface area contributed by atoms with Crippen LogP contribution in [-0.2, 0) is 13.1 Å². The Kier molecular flexibility index (Phi) is 5.29. The van der Waals surface area contributed by atoms with Crippen molar-refractivity contribution in [2.75, 3.05) is 20.2 Å². The summed E-state index contributed by atoms with van der Waals surface area (Å²) in [7, 11) is 1.68. The second-order valence-electron chi connectivity index (χ2n) is 3.81. The van der Waals surface area contributed by atoms with Crippen molar-refractivity contribution in [2.45, 2.75) is 26.9 Å². The van der Waals surface area contributed by atoms with Crippen LogP contribution in [-0.4, -0.2) is 25.1 Å². The molecule has 0 heterocycles. The number of ether oxygens (including phenoxy) is 1. The van der Waals surface area contributed by atoms with E-state index in [1.54, 1.807) is 7.11 Å². The topological polar surface area (TPSA) is 38.5 Å². The maximum Gasteiger partial charge on any atom is 0.123 e. The molecule has 0 spiro atoms. The summed E-state index contributed by atoms with van der Waals surface area (Å²) in [4.78, 5) is 2.38. The van der Waals surface area contributed by atoms with Crippen molar-refractivity contribution in [3.8, 4) is 5.75 Å². The molecular formula is C13H22N2O. The molecule has 1 aromatic carbocycles. The molecule has 3 nitrogen and oxygen atoms in total. The normalized spacial score (nSPS) is 10.8. The molecule has 0 aliphatic carbocycles. The van der Waals surface area contributed by atoms with Gasteiger partial charge in [-0.3, -0.25) is 4.90 Å². The van der Waals surface area contributed by atoms with E-state index >= 15 is 0 Å². The maximum atomic E-state index is 5.70. The lowest BCUT2D eigenvalue weighted by Crippen LogP contribution is -2.22. The van der Waals surface area contributed by atoms with E-state index in [0.717, 1.165) is 30.9 Å². The highest BCUT2D eigenvalue weighted by molar-refractivity contribution is 5.37. The van der Waals surface area contributed by atoms with E-state index < -0.39 is 0 Å². The molecule has 1 rings (SSSR count). The van der Waals surface area contributed by atoms with E-state index in [1.165, 1.54) is 5.56 Å². The van der Waals surface area contributed by atoms with Crippen LogP contribution >= 0.6 is 0 Å². The van der Waals surface area contributed by atoms with Gasteiger partial charge in [-0.05, 0) is 30.8 Å². The van der Waals surface area contributed by atoms with Gasteiger partial charge in [-0.15, -0.1) is 0 Å². The van der Waals surface area contributed by atoms with Crippen LogP contribution < -0.4 is 10.5 Å². The Morgan fingerprint density at radius 3 is 2.44 bits per heavy atom. The van der Waals surface area contributed by atoms with Crippen LogP contribution in [0, 0.1) is 0 Å². The van der Waals surface area contributed by atoms with Crippen molar-refractivity contribution in [1.29, 1.82) is 0 Å². The molecular weight excluding hydrogens is 200 g/mol. The number of rotatable bonds is 6. The lowest BCUT2D eigenvalue weighted by Gasteiger charge is -2.19. The van der Waals surface area contributed by atoms with Crippen molar-refractivity contribution < 1.29 is 4.74 Å². The molecule has 0 bridgehead atoms. The highest BCUT2D eigenvalue weighted by Gasteiger charge is 2.05. The zero-order chi connectivity index (χ0) is 12.0. The minimum absolute atomic E-state index is 0.523. The third-order valence-corrected chi connectivity index (χ3v) is 2.87. The van der Waals surface area contributed by atoms with Gasteiger partial charge < -0.3 is 10.5 Å². The number of hydrogen-bond acceptors (Lipinski definition) is 3. The highest BCUT2D eigenvalue weighted by Crippen LogP contribution is 2.20. The SMILES string of the molecule is CCN(CC)Cc1ccc(OC)c(CN)c1. The fourth-order valence-corrected chi connectivity index (χ4v) is 1.80. The van der Waals surface area contributed by atoms with Crippen molar-refractivity contribution >= 4 is 0 Å². The number of nitrogens with two attached hydrogens (primary N) is 1. The molecule has 90 valence electrons. The number of benzene rings is 1. The Labute approximate surface area is 98.2 Å². The average Bonchev–Trinajstić information content (AvgIpc) is 2.35. The molecule has 16 heavy (non-hydrogen) atoms. The van der Waals surface area contributed by atoms with E-state index in [0.29, 0.717) is 6.54 Å². The molecule has 0 aromatic heterocycles. The van der Waals surface area contributed by atoms with Gasteiger partial charge >= 0.3 is 0 Å². The number of hydrogen-bond donors (Lipinski definition) is 1. The predicted octanol–water partition coefficient (Wildman–Crippen LogP) is 2.00. The van der Waals surface area contributed by atoms with Crippen LogP contribution in [0.5, 0.6) is 5.75 Å². The molecule has 0 saturated heterocycles. The van der Waals surface area contributed by atoms with Gasteiger partial charge in [-0.2, -0.15) is 0 Å². The largest absolute Gasteiger partial charge is 0.496 e. The standard InChI is InChI=1S/C13H22N2O/c1-4-15(5-2)10-11-6-7-13(16-3)12(8-11)9-14/h6-8H,4-5,9-10,14H2,1-3H3. The minimum atomic E-state index is 0.523. The first kappa shape index (κ1) is 13.0. The summed E-state index contributed by atoms with van der Waals surface area (Å²) in [6.45, 7) is 7.99. The van der Waals surface area contributed by atoms with Crippen molar-refractivity contribution in [2.24, 2.45) is 5.73 Å². The van der Waals surface area contributed by atoms with Crippen molar-refractivity contribution in [3.05, 3.63) is 29.3 Å². The van der Waals surface area contributed by atoms with Gasteiger partial charge in [-0.25, -0.2) is 0 Å². The van der Waals surface area contributed by atoms with Gasteiger partial charge in [-0.1, -0.05) is 19.9 Å². The second kappa shape index (κ2) is 6.51. The molecule has 0 radical (unpaired) electrons. The summed E-state index contributed by atoms with van der Waals surface area (Å²) < 4.78 is 5.26. The van der Waals surface area contributed by atoms with E-state index in [-0.39, 0.29) is 0 Å². The molecule has 0 fully saturated rings. The van der Waals surface area contributed by atoms with E-state index in [1.807, 2.05) is 6.07 Å². The van der Waals surface area contributed by atoms with Crippen LogP contribution in [0.4, 0.5) is 0 Å². The van der Waals surface area contributed by atoms with E-state index in [9.17, 15) is 0 Å². The third kappa shape index (κ3) is 3.22. The van der Waals surface area contributed by atoms with Gasteiger partial charge in [0.2, 0.25) is 0 Å². The molecule has 2 N–H and O–H groups in total.